The Morgan fingerprint density at radius 3 is 2.39 bits per heavy atom. The molecule has 2 rings (SSSR count). The smallest absolute Gasteiger partial charge is 0.303 e. The SMILES string of the molecule is CC1=N/C(=C\c2ccc(O)cc2)C(=O)N(O)C1=O. The minimum atomic E-state index is -0.876. The Bertz CT molecular complexity index is 572. The van der Waals surface area contributed by atoms with Crippen LogP contribution in [0.15, 0.2) is 35.0 Å². The molecule has 6 nitrogen and oxygen atoms in total. The van der Waals surface area contributed by atoms with Gasteiger partial charge >= 0.3 is 5.91 Å². The van der Waals surface area contributed by atoms with Crippen molar-refractivity contribution in [1.29, 1.82) is 0 Å². The maximum atomic E-state index is 11.6. The van der Waals surface area contributed by atoms with Crippen molar-refractivity contribution >= 4 is 23.6 Å². The predicted molar refractivity (Wildman–Crippen MR) is 62.8 cm³/mol. The number of rotatable bonds is 1. The van der Waals surface area contributed by atoms with E-state index in [0.717, 1.165) is 0 Å². The molecule has 2 amide bonds. The summed E-state index contributed by atoms with van der Waals surface area (Å²) in [5.41, 5.74) is 0.609. The normalized spacial score (nSPS) is 18.2. The molecular weight excluding hydrogens is 236 g/mol. The van der Waals surface area contributed by atoms with Gasteiger partial charge in [0.2, 0.25) is 0 Å². The number of hydrogen-bond donors (Lipinski definition) is 2. The first-order valence-electron chi connectivity index (χ1n) is 5.12. The summed E-state index contributed by atoms with van der Waals surface area (Å²) in [6.07, 6.45) is 1.42. The third-order valence-corrected chi connectivity index (χ3v) is 2.40. The molecule has 0 aromatic heterocycles. The average molecular weight is 246 g/mol. The van der Waals surface area contributed by atoms with Gasteiger partial charge in [-0.2, -0.15) is 0 Å². The standard InChI is InChI=1S/C12H10N2O4/c1-7-11(16)14(18)12(17)10(13-7)6-8-2-4-9(15)5-3-8/h2-6,15,18H,1H3/b10-6-. The van der Waals surface area contributed by atoms with Crippen LogP contribution in [0.1, 0.15) is 12.5 Å². The molecule has 0 saturated heterocycles. The van der Waals surface area contributed by atoms with Gasteiger partial charge in [-0.1, -0.05) is 12.1 Å². The lowest BCUT2D eigenvalue weighted by atomic mass is 10.1. The number of hydrogen-bond acceptors (Lipinski definition) is 5. The molecule has 1 aliphatic rings. The number of imide groups is 1. The summed E-state index contributed by atoms with van der Waals surface area (Å²) in [5, 5.41) is 18.4. The first-order valence-corrected chi connectivity index (χ1v) is 5.12. The number of aromatic hydroxyl groups is 1. The van der Waals surface area contributed by atoms with Gasteiger partial charge in [0.25, 0.3) is 5.91 Å². The van der Waals surface area contributed by atoms with E-state index in [1.54, 1.807) is 12.1 Å². The van der Waals surface area contributed by atoms with E-state index in [0.29, 0.717) is 5.56 Å². The summed E-state index contributed by atoms with van der Waals surface area (Å²) in [5.74, 6) is -1.60. The van der Waals surface area contributed by atoms with Crippen molar-refractivity contribution in [2.45, 2.75) is 6.92 Å². The zero-order valence-electron chi connectivity index (χ0n) is 9.49. The fraction of sp³-hybridized carbons (Fsp3) is 0.0833. The van der Waals surface area contributed by atoms with Crippen LogP contribution in [0.2, 0.25) is 0 Å². The Kier molecular flexibility index (Phi) is 2.95. The van der Waals surface area contributed by atoms with Crippen molar-refractivity contribution in [3.05, 3.63) is 35.5 Å². The van der Waals surface area contributed by atoms with Gasteiger partial charge in [-0.25, -0.2) is 4.99 Å². The molecule has 0 spiro atoms. The van der Waals surface area contributed by atoms with E-state index >= 15 is 0 Å². The highest BCUT2D eigenvalue weighted by atomic mass is 16.5. The molecule has 1 heterocycles. The first kappa shape index (κ1) is 12.0. The van der Waals surface area contributed by atoms with Crippen molar-refractivity contribution in [2.24, 2.45) is 4.99 Å². The van der Waals surface area contributed by atoms with Crippen molar-refractivity contribution in [3.8, 4) is 5.75 Å². The van der Waals surface area contributed by atoms with Gasteiger partial charge < -0.3 is 5.11 Å². The Morgan fingerprint density at radius 2 is 1.78 bits per heavy atom. The zero-order chi connectivity index (χ0) is 13.3. The molecule has 0 unspecified atom stereocenters. The van der Waals surface area contributed by atoms with Crippen LogP contribution in [0.25, 0.3) is 6.08 Å². The number of amides is 2. The topological polar surface area (TPSA) is 90.2 Å². The minimum absolute atomic E-state index is 0.0297. The Morgan fingerprint density at radius 1 is 1.17 bits per heavy atom. The summed E-state index contributed by atoms with van der Waals surface area (Å²) in [7, 11) is 0. The summed E-state index contributed by atoms with van der Waals surface area (Å²) in [4.78, 5) is 26.7. The Balaban J connectivity index is 2.41. The molecular formula is C12H10N2O4. The van der Waals surface area contributed by atoms with E-state index in [1.807, 2.05) is 0 Å². The van der Waals surface area contributed by atoms with Gasteiger partial charge in [-0.05, 0) is 30.7 Å². The van der Waals surface area contributed by atoms with E-state index in [2.05, 4.69) is 4.99 Å². The third kappa shape index (κ3) is 2.14. The lowest BCUT2D eigenvalue weighted by molar-refractivity contribution is -0.171. The van der Waals surface area contributed by atoms with Crippen molar-refractivity contribution < 1.29 is 19.9 Å². The van der Waals surface area contributed by atoms with Gasteiger partial charge in [0.1, 0.15) is 17.2 Å². The average Bonchev–Trinajstić information content (AvgIpc) is 2.36. The van der Waals surface area contributed by atoms with E-state index in [4.69, 9.17) is 5.11 Å². The van der Waals surface area contributed by atoms with Gasteiger partial charge in [0.15, 0.2) is 0 Å². The second-order valence-corrected chi connectivity index (χ2v) is 3.74. The Hall–Kier alpha value is -2.47. The molecule has 0 bridgehead atoms. The number of phenols is 1. The van der Waals surface area contributed by atoms with Crippen LogP contribution in [-0.4, -0.2) is 32.9 Å². The number of carbonyl (C=O) groups excluding carboxylic acids is 2. The molecule has 92 valence electrons. The summed E-state index contributed by atoms with van der Waals surface area (Å²) >= 11 is 0. The predicted octanol–water partition coefficient (Wildman–Crippen LogP) is 0.952. The summed E-state index contributed by atoms with van der Waals surface area (Å²) in [6, 6.07) is 6.08. The fourth-order valence-corrected chi connectivity index (χ4v) is 1.45. The highest BCUT2D eigenvalue weighted by molar-refractivity contribution is 6.43. The van der Waals surface area contributed by atoms with Crippen molar-refractivity contribution in [2.75, 3.05) is 0 Å². The number of benzene rings is 1. The molecule has 0 fully saturated rings. The fourth-order valence-electron chi connectivity index (χ4n) is 1.45. The van der Waals surface area contributed by atoms with Crippen LogP contribution in [0.3, 0.4) is 0 Å². The number of carbonyl (C=O) groups is 2. The van der Waals surface area contributed by atoms with Gasteiger partial charge in [-0.3, -0.25) is 14.8 Å². The van der Waals surface area contributed by atoms with Crippen LogP contribution in [0.4, 0.5) is 0 Å². The van der Waals surface area contributed by atoms with Crippen molar-refractivity contribution in [1.82, 2.24) is 5.06 Å². The van der Waals surface area contributed by atoms with Crippen molar-refractivity contribution in [3.63, 3.8) is 0 Å². The lowest BCUT2D eigenvalue weighted by Crippen LogP contribution is -2.41. The monoisotopic (exact) mass is 246 g/mol. The molecule has 1 aromatic carbocycles. The van der Waals surface area contributed by atoms with Crippen LogP contribution in [-0.2, 0) is 9.59 Å². The first-order chi connectivity index (χ1) is 8.49. The number of hydroxylamine groups is 2. The molecule has 0 atom stereocenters. The quantitative estimate of drug-likeness (QED) is 0.438. The number of aliphatic imine (C=N–C) groups is 1. The van der Waals surface area contributed by atoms with Gasteiger partial charge in [-0.15, -0.1) is 5.06 Å². The second kappa shape index (κ2) is 4.42. The van der Waals surface area contributed by atoms with E-state index in [9.17, 15) is 14.8 Å². The van der Waals surface area contributed by atoms with Gasteiger partial charge in [0, 0.05) is 0 Å². The highest BCUT2D eigenvalue weighted by Crippen LogP contribution is 2.17. The maximum absolute atomic E-state index is 11.6. The molecule has 1 aliphatic heterocycles. The van der Waals surface area contributed by atoms with Crippen LogP contribution >= 0.6 is 0 Å². The third-order valence-electron chi connectivity index (χ3n) is 2.40. The van der Waals surface area contributed by atoms with E-state index in [1.165, 1.54) is 25.1 Å². The van der Waals surface area contributed by atoms with E-state index in [-0.39, 0.29) is 22.2 Å². The Labute approximate surface area is 102 Å². The molecule has 0 saturated carbocycles. The summed E-state index contributed by atoms with van der Waals surface area (Å²) < 4.78 is 0. The minimum Gasteiger partial charge on any atom is -0.508 e. The van der Waals surface area contributed by atoms with Crippen LogP contribution in [0.5, 0.6) is 5.75 Å². The molecule has 0 radical (unpaired) electrons. The molecule has 1 aromatic rings. The van der Waals surface area contributed by atoms with Crippen LogP contribution in [0, 0.1) is 0 Å². The molecule has 2 N–H and O–H groups in total. The molecule has 18 heavy (non-hydrogen) atoms. The second-order valence-electron chi connectivity index (χ2n) is 3.74. The number of nitrogens with zero attached hydrogens (tertiary/aromatic N) is 2. The molecule has 0 aliphatic carbocycles. The largest absolute Gasteiger partial charge is 0.508 e. The zero-order valence-corrected chi connectivity index (χ0v) is 9.49. The highest BCUT2D eigenvalue weighted by Gasteiger charge is 2.30. The van der Waals surface area contributed by atoms with Gasteiger partial charge in [0.05, 0.1) is 0 Å². The molecule has 6 heteroatoms. The number of phenolic OH excluding ortho intramolecular Hbond substituents is 1. The lowest BCUT2D eigenvalue weighted by Gasteiger charge is -2.17. The maximum Gasteiger partial charge on any atom is 0.303 e. The van der Waals surface area contributed by atoms with Crippen LogP contribution < -0.4 is 0 Å². The summed E-state index contributed by atoms with van der Waals surface area (Å²) in [6.45, 7) is 1.41. The van der Waals surface area contributed by atoms with E-state index < -0.39 is 11.8 Å².